The molecule has 0 spiro atoms. The minimum atomic E-state index is -0.332. The van der Waals surface area contributed by atoms with E-state index in [1.807, 2.05) is 19.9 Å². The number of amides is 2. The highest BCUT2D eigenvalue weighted by molar-refractivity contribution is 6.07. The van der Waals surface area contributed by atoms with Gasteiger partial charge in [-0.1, -0.05) is 5.16 Å². The zero-order valence-electron chi connectivity index (χ0n) is 18.5. The fourth-order valence-electron chi connectivity index (χ4n) is 4.56. The first-order valence-corrected chi connectivity index (χ1v) is 11.0. The van der Waals surface area contributed by atoms with Gasteiger partial charge in [-0.15, -0.1) is 0 Å². The molecular formula is C23H26N4O5. The smallest absolute Gasteiger partial charge is 0.259 e. The van der Waals surface area contributed by atoms with Crippen LogP contribution >= 0.6 is 0 Å². The summed E-state index contributed by atoms with van der Waals surface area (Å²) in [5.74, 6) is 1.41. The average molecular weight is 438 g/mol. The molecule has 5 rings (SSSR count). The number of aromatic nitrogens is 2. The van der Waals surface area contributed by atoms with Gasteiger partial charge in [-0.05, 0) is 45.7 Å². The molecule has 0 radical (unpaired) electrons. The molecule has 3 aromatic heterocycles. The minimum absolute atomic E-state index is 0.0314. The van der Waals surface area contributed by atoms with Crippen molar-refractivity contribution in [2.75, 3.05) is 32.8 Å². The molecule has 168 valence electrons. The Bertz CT molecular complexity index is 1180. The van der Waals surface area contributed by atoms with Gasteiger partial charge in [0.1, 0.15) is 17.6 Å². The Balaban J connectivity index is 1.41. The maximum absolute atomic E-state index is 13.5. The van der Waals surface area contributed by atoms with E-state index in [1.54, 1.807) is 22.8 Å². The third kappa shape index (κ3) is 3.56. The molecule has 2 amide bonds. The molecule has 0 N–H and O–H groups in total. The third-order valence-electron chi connectivity index (χ3n) is 6.25. The van der Waals surface area contributed by atoms with E-state index in [0.717, 1.165) is 29.9 Å². The number of rotatable bonds is 3. The van der Waals surface area contributed by atoms with Crippen LogP contribution in [0.4, 0.5) is 0 Å². The summed E-state index contributed by atoms with van der Waals surface area (Å²) in [5.41, 5.74) is 2.88. The predicted octanol–water partition coefficient (Wildman–Crippen LogP) is 2.87. The quantitative estimate of drug-likeness (QED) is 0.620. The lowest BCUT2D eigenvalue weighted by Gasteiger charge is -2.35. The molecule has 0 aliphatic carbocycles. The van der Waals surface area contributed by atoms with Crippen molar-refractivity contribution < 1.29 is 23.3 Å². The van der Waals surface area contributed by atoms with Gasteiger partial charge in [-0.25, -0.2) is 4.98 Å². The van der Waals surface area contributed by atoms with Crippen molar-refractivity contribution in [2.24, 2.45) is 0 Å². The Morgan fingerprint density at radius 2 is 1.81 bits per heavy atom. The number of ether oxygens (including phenoxy) is 1. The van der Waals surface area contributed by atoms with Gasteiger partial charge in [0.05, 0.1) is 22.3 Å². The molecule has 2 saturated heterocycles. The highest BCUT2D eigenvalue weighted by Crippen LogP contribution is 2.31. The monoisotopic (exact) mass is 438 g/mol. The first kappa shape index (κ1) is 20.7. The van der Waals surface area contributed by atoms with E-state index in [4.69, 9.17) is 13.7 Å². The van der Waals surface area contributed by atoms with Crippen molar-refractivity contribution >= 4 is 22.9 Å². The second-order valence-electron chi connectivity index (χ2n) is 8.45. The summed E-state index contributed by atoms with van der Waals surface area (Å²) in [6.07, 6.45) is 1.36. The minimum Gasteiger partial charge on any atom is -0.466 e. The molecule has 1 atom stereocenters. The van der Waals surface area contributed by atoms with Gasteiger partial charge >= 0.3 is 0 Å². The molecule has 3 aromatic rings. The number of carbonyl (C=O) groups excluding carboxylic acids is 2. The van der Waals surface area contributed by atoms with Gasteiger partial charge in [0.25, 0.3) is 17.5 Å². The number of pyridine rings is 1. The van der Waals surface area contributed by atoms with Crippen molar-refractivity contribution in [3.8, 4) is 11.3 Å². The molecule has 32 heavy (non-hydrogen) atoms. The predicted molar refractivity (Wildman–Crippen MR) is 115 cm³/mol. The molecule has 2 aliphatic heterocycles. The topological polar surface area (TPSA) is 102 Å². The molecule has 9 heteroatoms. The summed E-state index contributed by atoms with van der Waals surface area (Å²) in [4.78, 5) is 34.3. The van der Waals surface area contributed by atoms with Crippen molar-refractivity contribution in [2.45, 2.75) is 39.7 Å². The van der Waals surface area contributed by atoms with E-state index >= 15 is 0 Å². The molecule has 1 unspecified atom stereocenters. The Morgan fingerprint density at radius 3 is 2.47 bits per heavy atom. The lowest BCUT2D eigenvalue weighted by Crippen LogP contribution is -2.52. The number of aryl methyl sites for hydroxylation is 3. The maximum Gasteiger partial charge on any atom is 0.259 e. The molecule has 0 aromatic carbocycles. The molecule has 0 saturated carbocycles. The Hall–Kier alpha value is -3.20. The first-order chi connectivity index (χ1) is 15.4. The summed E-state index contributed by atoms with van der Waals surface area (Å²) in [7, 11) is 0. The summed E-state index contributed by atoms with van der Waals surface area (Å²) >= 11 is 0. The van der Waals surface area contributed by atoms with Crippen LogP contribution < -0.4 is 0 Å². The van der Waals surface area contributed by atoms with E-state index in [-0.39, 0.29) is 17.9 Å². The van der Waals surface area contributed by atoms with Crippen LogP contribution in [0, 0.1) is 20.8 Å². The molecule has 5 heterocycles. The van der Waals surface area contributed by atoms with E-state index in [2.05, 4.69) is 10.1 Å². The lowest BCUT2D eigenvalue weighted by molar-refractivity contribution is -0.142. The number of hydrogen-bond donors (Lipinski definition) is 0. The standard InChI is InChI=1S/C23H26N4O5/c1-13-11-16(15(3)31-13)18-12-17(20-14(2)25-32-21(20)24-18)22(28)26-6-8-27(9-7-26)23(29)19-5-4-10-30-19/h11-12,19H,4-10H2,1-3H3. The number of hydrogen-bond acceptors (Lipinski definition) is 7. The highest BCUT2D eigenvalue weighted by Gasteiger charge is 2.32. The van der Waals surface area contributed by atoms with Gasteiger partial charge in [-0.2, -0.15) is 0 Å². The lowest BCUT2D eigenvalue weighted by atomic mass is 10.0. The largest absolute Gasteiger partial charge is 0.466 e. The normalized spacial score (nSPS) is 19.2. The van der Waals surface area contributed by atoms with Gasteiger partial charge in [-0.3, -0.25) is 9.59 Å². The van der Waals surface area contributed by atoms with Gasteiger partial charge in [0.2, 0.25) is 0 Å². The van der Waals surface area contributed by atoms with Crippen LogP contribution in [0.5, 0.6) is 0 Å². The van der Waals surface area contributed by atoms with Crippen LogP contribution in [0.1, 0.15) is 40.4 Å². The van der Waals surface area contributed by atoms with Crippen LogP contribution in [0.2, 0.25) is 0 Å². The Kier molecular flexibility index (Phi) is 5.21. The zero-order valence-corrected chi connectivity index (χ0v) is 18.5. The van der Waals surface area contributed by atoms with Crippen LogP contribution in [0.15, 0.2) is 21.1 Å². The van der Waals surface area contributed by atoms with Crippen LogP contribution in [-0.2, 0) is 9.53 Å². The number of nitrogens with zero attached hydrogens (tertiary/aromatic N) is 4. The second-order valence-corrected chi connectivity index (χ2v) is 8.45. The van der Waals surface area contributed by atoms with Crippen LogP contribution in [0.25, 0.3) is 22.4 Å². The molecule has 0 bridgehead atoms. The van der Waals surface area contributed by atoms with Gasteiger partial charge in [0.15, 0.2) is 0 Å². The van der Waals surface area contributed by atoms with Crippen molar-refractivity contribution in [3.05, 3.63) is 34.9 Å². The molecular weight excluding hydrogens is 412 g/mol. The molecule has 9 nitrogen and oxygen atoms in total. The number of carbonyl (C=O) groups is 2. The SMILES string of the molecule is Cc1cc(-c2cc(C(=O)N3CCN(C(=O)C4CCCO4)CC3)c3c(C)noc3n2)c(C)o1. The fourth-order valence-corrected chi connectivity index (χ4v) is 4.56. The van der Waals surface area contributed by atoms with Crippen LogP contribution in [0.3, 0.4) is 0 Å². The van der Waals surface area contributed by atoms with Crippen LogP contribution in [-0.4, -0.2) is 70.6 Å². The zero-order chi connectivity index (χ0) is 22.4. The average Bonchev–Trinajstić information content (AvgIpc) is 3.53. The summed E-state index contributed by atoms with van der Waals surface area (Å²) < 4.78 is 16.6. The maximum atomic E-state index is 13.5. The molecule has 2 fully saturated rings. The van der Waals surface area contributed by atoms with E-state index in [9.17, 15) is 9.59 Å². The van der Waals surface area contributed by atoms with Crippen molar-refractivity contribution in [1.82, 2.24) is 19.9 Å². The van der Waals surface area contributed by atoms with Crippen molar-refractivity contribution in [3.63, 3.8) is 0 Å². The van der Waals surface area contributed by atoms with E-state index in [1.165, 1.54) is 0 Å². The third-order valence-corrected chi connectivity index (χ3v) is 6.25. The molecule has 2 aliphatic rings. The summed E-state index contributed by atoms with van der Waals surface area (Å²) in [6.45, 7) is 8.10. The Morgan fingerprint density at radius 1 is 1.06 bits per heavy atom. The first-order valence-electron chi connectivity index (χ1n) is 11.0. The van der Waals surface area contributed by atoms with E-state index in [0.29, 0.717) is 60.8 Å². The van der Waals surface area contributed by atoms with Crippen molar-refractivity contribution in [1.29, 1.82) is 0 Å². The highest BCUT2D eigenvalue weighted by atomic mass is 16.5. The summed E-state index contributed by atoms with van der Waals surface area (Å²) in [6, 6.07) is 3.69. The Labute approximate surface area is 185 Å². The number of piperazine rings is 1. The second kappa shape index (κ2) is 8.05. The summed E-state index contributed by atoms with van der Waals surface area (Å²) in [5, 5.41) is 4.65. The number of furan rings is 1. The van der Waals surface area contributed by atoms with Gasteiger partial charge < -0.3 is 23.5 Å². The van der Waals surface area contributed by atoms with E-state index < -0.39 is 0 Å². The fraction of sp³-hybridized carbons (Fsp3) is 0.478. The van der Waals surface area contributed by atoms with Gasteiger partial charge in [0, 0.05) is 38.3 Å². The number of fused-ring (bicyclic) bond motifs is 1.